The number of rotatable bonds is 5. The SMILES string of the molecule is C[S+](C)CCC(=O)Nc1ccccc1.Cc1ccc(S(=O)(=O)[O-])cc1. The van der Waals surface area contributed by atoms with E-state index in [4.69, 9.17) is 0 Å². The fraction of sp³-hybridized carbons (Fsp3) is 0.278. The van der Waals surface area contributed by atoms with Crippen molar-refractivity contribution in [3.8, 4) is 0 Å². The molecule has 0 atom stereocenters. The van der Waals surface area contributed by atoms with Crippen LogP contribution in [-0.4, -0.2) is 37.1 Å². The van der Waals surface area contributed by atoms with Crippen molar-refractivity contribution >= 4 is 32.6 Å². The molecule has 0 saturated carbocycles. The fourth-order valence-electron chi connectivity index (χ4n) is 1.75. The van der Waals surface area contributed by atoms with Gasteiger partial charge in [-0.3, -0.25) is 4.79 Å². The molecule has 0 spiro atoms. The summed E-state index contributed by atoms with van der Waals surface area (Å²) in [6.07, 6.45) is 4.91. The Morgan fingerprint density at radius 3 is 2.08 bits per heavy atom. The third-order valence-corrected chi connectivity index (χ3v) is 4.97. The minimum absolute atomic E-state index is 0.109. The van der Waals surface area contributed by atoms with Gasteiger partial charge >= 0.3 is 0 Å². The molecular weight excluding hydrogens is 358 g/mol. The van der Waals surface area contributed by atoms with E-state index in [1.165, 1.54) is 12.1 Å². The van der Waals surface area contributed by atoms with Crippen LogP contribution in [0.5, 0.6) is 0 Å². The molecule has 2 aromatic rings. The van der Waals surface area contributed by atoms with Gasteiger partial charge < -0.3 is 9.87 Å². The van der Waals surface area contributed by atoms with E-state index in [1.807, 2.05) is 37.3 Å². The molecule has 0 aromatic heterocycles. The molecule has 1 amide bonds. The molecule has 2 aromatic carbocycles. The maximum absolute atomic E-state index is 11.4. The highest BCUT2D eigenvalue weighted by atomic mass is 32.2. The second-order valence-electron chi connectivity index (χ2n) is 5.62. The van der Waals surface area contributed by atoms with Crippen LogP contribution >= 0.6 is 0 Å². The summed E-state index contributed by atoms with van der Waals surface area (Å²) in [6, 6.07) is 15.3. The Morgan fingerprint density at radius 2 is 1.60 bits per heavy atom. The molecule has 0 heterocycles. The molecule has 0 bridgehead atoms. The molecule has 136 valence electrons. The van der Waals surface area contributed by atoms with Gasteiger partial charge in [0.2, 0.25) is 5.91 Å². The van der Waals surface area contributed by atoms with Crippen LogP contribution in [0.25, 0.3) is 0 Å². The number of nitrogens with one attached hydrogen (secondary N) is 1. The zero-order chi connectivity index (χ0) is 18.9. The van der Waals surface area contributed by atoms with Gasteiger partial charge in [-0.25, -0.2) is 8.42 Å². The van der Waals surface area contributed by atoms with E-state index < -0.39 is 10.1 Å². The van der Waals surface area contributed by atoms with Crippen LogP contribution < -0.4 is 5.32 Å². The van der Waals surface area contributed by atoms with Crippen LogP contribution in [0.1, 0.15) is 12.0 Å². The Morgan fingerprint density at radius 1 is 1.04 bits per heavy atom. The quantitative estimate of drug-likeness (QED) is 0.637. The van der Waals surface area contributed by atoms with E-state index in [-0.39, 0.29) is 10.8 Å². The van der Waals surface area contributed by atoms with Crippen LogP contribution in [0, 0.1) is 6.92 Å². The molecule has 2 rings (SSSR count). The molecule has 7 heteroatoms. The lowest BCUT2D eigenvalue weighted by Gasteiger charge is -2.05. The first-order valence-corrected chi connectivity index (χ1v) is 11.2. The standard InChI is InChI=1S/C11H15NOS.C7H8O3S/c1-14(2)9-8-11(13)12-10-6-4-3-5-7-10;1-6-2-4-7(5-3-6)11(8,9)10/h3-7H,8-9H2,1-2H3;2-5H,1H3,(H,8,9,10). The van der Waals surface area contributed by atoms with Gasteiger partial charge in [0.25, 0.3) is 0 Å². The highest BCUT2D eigenvalue weighted by molar-refractivity contribution is 7.95. The van der Waals surface area contributed by atoms with Gasteiger partial charge in [0.05, 0.1) is 23.8 Å². The number of amides is 1. The fourth-order valence-corrected chi connectivity index (χ4v) is 2.81. The smallest absolute Gasteiger partial charge is 0.229 e. The minimum Gasteiger partial charge on any atom is -0.744 e. The molecule has 0 aliphatic carbocycles. The summed E-state index contributed by atoms with van der Waals surface area (Å²) in [6.45, 7) is 1.82. The van der Waals surface area contributed by atoms with Crippen LogP contribution in [0.3, 0.4) is 0 Å². The Labute approximate surface area is 152 Å². The molecule has 5 nitrogen and oxygen atoms in total. The number of hydrogen-bond donors (Lipinski definition) is 1. The molecule has 0 fully saturated rings. The number of para-hydroxylation sites is 1. The van der Waals surface area contributed by atoms with Crippen molar-refractivity contribution in [1.29, 1.82) is 0 Å². The van der Waals surface area contributed by atoms with Crippen molar-refractivity contribution in [3.63, 3.8) is 0 Å². The zero-order valence-electron chi connectivity index (χ0n) is 14.6. The maximum atomic E-state index is 11.4. The molecule has 0 aliphatic heterocycles. The average Bonchev–Trinajstić information content (AvgIpc) is 2.54. The van der Waals surface area contributed by atoms with Crippen LogP contribution in [0.2, 0.25) is 0 Å². The normalized spacial score (nSPS) is 10.8. The Hall–Kier alpha value is -1.83. The number of anilines is 1. The van der Waals surface area contributed by atoms with E-state index >= 15 is 0 Å². The van der Waals surface area contributed by atoms with E-state index in [0.717, 1.165) is 17.0 Å². The lowest BCUT2D eigenvalue weighted by molar-refractivity contribution is -0.115. The van der Waals surface area contributed by atoms with Crippen LogP contribution in [0.4, 0.5) is 5.69 Å². The predicted molar refractivity (Wildman–Crippen MR) is 103 cm³/mol. The molecule has 0 saturated heterocycles. The highest BCUT2D eigenvalue weighted by Crippen LogP contribution is 2.08. The van der Waals surface area contributed by atoms with Crippen LogP contribution in [0.15, 0.2) is 59.5 Å². The second kappa shape index (κ2) is 10.2. The molecule has 0 unspecified atom stereocenters. The van der Waals surface area contributed by atoms with Crippen molar-refractivity contribution in [1.82, 2.24) is 0 Å². The van der Waals surface area contributed by atoms with Crippen LogP contribution in [-0.2, 0) is 25.8 Å². The van der Waals surface area contributed by atoms with Gasteiger partial charge in [-0.05, 0) is 42.1 Å². The zero-order valence-corrected chi connectivity index (χ0v) is 16.2. The van der Waals surface area contributed by atoms with Crippen molar-refractivity contribution < 1.29 is 17.8 Å². The lowest BCUT2D eigenvalue weighted by Crippen LogP contribution is -2.15. The summed E-state index contributed by atoms with van der Waals surface area (Å²) in [7, 11) is -3.92. The largest absolute Gasteiger partial charge is 0.744 e. The summed E-state index contributed by atoms with van der Waals surface area (Å²) in [4.78, 5) is 11.2. The summed E-state index contributed by atoms with van der Waals surface area (Å²) < 4.78 is 31.2. The molecule has 0 radical (unpaired) electrons. The van der Waals surface area contributed by atoms with Gasteiger partial charge in [0, 0.05) is 5.69 Å². The number of hydrogen-bond acceptors (Lipinski definition) is 4. The Bertz CT molecular complexity index is 757. The minimum atomic E-state index is -4.27. The Kier molecular flexibility index (Phi) is 8.68. The molecular formula is C18H23NO4S2. The van der Waals surface area contributed by atoms with Gasteiger partial charge in [-0.15, -0.1) is 0 Å². The maximum Gasteiger partial charge on any atom is 0.229 e. The van der Waals surface area contributed by atoms with Gasteiger partial charge in [0.15, 0.2) is 0 Å². The lowest BCUT2D eigenvalue weighted by atomic mass is 10.2. The van der Waals surface area contributed by atoms with Crippen molar-refractivity contribution in [2.24, 2.45) is 0 Å². The first-order valence-electron chi connectivity index (χ1n) is 7.60. The second-order valence-corrected chi connectivity index (χ2v) is 9.38. The molecule has 25 heavy (non-hydrogen) atoms. The third kappa shape index (κ3) is 9.28. The van der Waals surface area contributed by atoms with Gasteiger partial charge in [0.1, 0.15) is 15.9 Å². The number of aryl methyl sites for hydroxylation is 1. The number of benzene rings is 2. The van der Waals surface area contributed by atoms with E-state index in [0.29, 0.717) is 17.3 Å². The topological polar surface area (TPSA) is 86.3 Å². The first-order chi connectivity index (χ1) is 11.7. The number of carbonyl (C=O) groups is 1. The highest BCUT2D eigenvalue weighted by Gasteiger charge is 2.07. The summed E-state index contributed by atoms with van der Waals surface area (Å²) >= 11 is 0. The predicted octanol–water partition coefficient (Wildman–Crippen LogP) is 2.79. The van der Waals surface area contributed by atoms with Crippen molar-refractivity contribution in [3.05, 3.63) is 60.2 Å². The average molecular weight is 382 g/mol. The molecule has 1 N–H and O–H groups in total. The Balaban J connectivity index is 0.000000257. The summed E-state index contributed by atoms with van der Waals surface area (Å²) in [5, 5.41) is 2.86. The van der Waals surface area contributed by atoms with Crippen molar-refractivity contribution in [2.45, 2.75) is 18.2 Å². The van der Waals surface area contributed by atoms with Gasteiger partial charge in [-0.1, -0.05) is 35.9 Å². The van der Waals surface area contributed by atoms with E-state index in [2.05, 4.69) is 17.8 Å². The third-order valence-electron chi connectivity index (χ3n) is 3.10. The first kappa shape index (κ1) is 21.2. The summed E-state index contributed by atoms with van der Waals surface area (Å²) in [5.74, 6) is 1.08. The molecule has 0 aliphatic rings. The summed E-state index contributed by atoms with van der Waals surface area (Å²) in [5.41, 5.74) is 1.81. The van der Waals surface area contributed by atoms with Crippen molar-refractivity contribution in [2.75, 3.05) is 23.6 Å². The van der Waals surface area contributed by atoms with E-state index in [1.54, 1.807) is 12.1 Å². The monoisotopic (exact) mass is 381 g/mol. The van der Waals surface area contributed by atoms with Gasteiger partial charge in [-0.2, -0.15) is 0 Å². The number of carbonyl (C=O) groups excluding carboxylic acids is 1. The van der Waals surface area contributed by atoms with E-state index in [9.17, 15) is 17.8 Å².